The molecule has 21 heavy (non-hydrogen) atoms. The summed E-state index contributed by atoms with van der Waals surface area (Å²) in [7, 11) is -2.89. The van der Waals surface area contributed by atoms with Crippen molar-refractivity contribution in [3.05, 3.63) is 35.5 Å². The van der Waals surface area contributed by atoms with Gasteiger partial charge in [-0.05, 0) is 25.0 Å². The number of pyridine rings is 1. The maximum atomic E-state index is 11.6. The average Bonchev–Trinajstić information content (AvgIpc) is 2.44. The van der Waals surface area contributed by atoms with E-state index in [4.69, 9.17) is 16.3 Å². The SMILES string of the molecule is O=S1(=O)CCCC(COc2cnc3c(Cl)cccc3c2)C1. The molecular formula is C15H16ClNO3S. The van der Waals surface area contributed by atoms with Gasteiger partial charge in [-0.25, -0.2) is 8.42 Å². The fourth-order valence-corrected chi connectivity index (χ4v) is 4.63. The lowest BCUT2D eigenvalue weighted by Crippen LogP contribution is -2.29. The van der Waals surface area contributed by atoms with Gasteiger partial charge < -0.3 is 4.74 Å². The summed E-state index contributed by atoms with van der Waals surface area (Å²) in [6, 6.07) is 7.46. The van der Waals surface area contributed by atoms with Crippen molar-refractivity contribution in [3.63, 3.8) is 0 Å². The largest absolute Gasteiger partial charge is 0.492 e. The number of sulfone groups is 1. The number of ether oxygens (including phenoxy) is 1. The van der Waals surface area contributed by atoms with Crippen LogP contribution in [-0.2, 0) is 9.84 Å². The molecule has 0 spiro atoms. The summed E-state index contributed by atoms with van der Waals surface area (Å²) < 4.78 is 28.9. The van der Waals surface area contributed by atoms with E-state index in [1.165, 1.54) is 0 Å². The summed E-state index contributed by atoms with van der Waals surface area (Å²) in [6.45, 7) is 0.410. The molecule has 0 aliphatic carbocycles. The number of fused-ring (bicyclic) bond motifs is 1. The highest BCUT2D eigenvalue weighted by Crippen LogP contribution is 2.25. The lowest BCUT2D eigenvalue weighted by molar-refractivity contribution is 0.249. The van der Waals surface area contributed by atoms with Crippen molar-refractivity contribution >= 4 is 32.3 Å². The molecule has 0 bridgehead atoms. The Morgan fingerprint density at radius 1 is 1.38 bits per heavy atom. The van der Waals surface area contributed by atoms with E-state index in [9.17, 15) is 8.42 Å². The number of hydrogen-bond donors (Lipinski definition) is 0. The van der Waals surface area contributed by atoms with Gasteiger partial charge in [0.1, 0.15) is 5.75 Å². The molecule has 0 saturated carbocycles. The second kappa shape index (κ2) is 5.81. The number of para-hydroxylation sites is 1. The van der Waals surface area contributed by atoms with Crippen LogP contribution in [0.15, 0.2) is 30.5 Å². The predicted molar refractivity (Wildman–Crippen MR) is 83.6 cm³/mol. The zero-order chi connectivity index (χ0) is 14.9. The van der Waals surface area contributed by atoms with Gasteiger partial charge in [0.05, 0.1) is 34.8 Å². The molecule has 112 valence electrons. The van der Waals surface area contributed by atoms with Crippen LogP contribution >= 0.6 is 11.6 Å². The quantitative estimate of drug-likeness (QED) is 0.870. The smallest absolute Gasteiger partial charge is 0.150 e. The van der Waals surface area contributed by atoms with E-state index in [0.717, 1.165) is 23.7 Å². The Labute approximate surface area is 129 Å². The third kappa shape index (κ3) is 3.47. The zero-order valence-electron chi connectivity index (χ0n) is 11.5. The zero-order valence-corrected chi connectivity index (χ0v) is 13.0. The van der Waals surface area contributed by atoms with Crippen LogP contribution in [0, 0.1) is 5.92 Å². The minimum Gasteiger partial charge on any atom is -0.492 e. The van der Waals surface area contributed by atoms with Crippen molar-refractivity contribution in [1.29, 1.82) is 0 Å². The van der Waals surface area contributed by atoms with E-state index in [1.807, 2.05) is 18.2 Å². The Kier molecular flexibility index (Phi) is 4.04. The topological polar surface area (TPSA) is 56.3 Å². The molecule has 1 atom stereocenters. The molecule has 2 heterocycles. The third-order valence-corrected chi connectivity index (χ3v) is 5.87. The maximum Gasteiger partial charge on any atom is 0.150 e. The highest BCUT2D eigenvalue weighted by atomic mass is 35.5. The summed E-state index contributed by atoms with van der Waals surface area (Å²) >= 11 is 6.07. The summed E-state index contributed by atoms with van der Waals surface area (Å²) in [4.78, 5) is 4.30. The monoisotopic (exact) mass is 325 g/mol. The molecular weight excluding hydrogens is 310 g/mol. The lowest BCUT2D eigenvalue weighted by atomic mass is 10.1. The summed E-state index contributed by atoms with van der Waals surface area (Å²) in [5, 5.41) is 1.52. The Morgan fingerprint density at radius 2 is 2.24 bits per heavy atom. The first-order chi connectivity index (χ1) is 10.0. The molecule has 6 heteroatoms. The van der Waals surface area contributed by atoms with Crippen molar-refractivity contribution in [2.45, 2.75) is 12.8 Å². The van der Waals surface area contributed by atoms with Gasteiger partial charge in [0.2, 0.25) is 0 Å². The Morgan fingerprint density at radius 3 is 3.05 bits per heavy atom. The maximum absolute atomic E-state index is 11.6. The molecule has 1 aromatic heterocycles. The first kappa shape index (κ1) is 14.6. The van der Waals surface area contributed by atoms with E-state index < -0.39 is 9.84 Å². The summed E-state index contributed by atoms with van der Waals surface area (Å²) in [5.41, 5.74) is 0.742. The predicted octanol–water partition coefficient (Wildman–Crippen LogP) is 3.09. The number of halogens is 1. The van der Waals surface area contributed by atoms with Crippen LogP contribution in [0.2, 0.25) is 5.02 Å². The number of rotatable bonds is 3. The summed E-state index contributed by atoms with van der Waals surface area (Å²) in [6.07, 6.45) is 3.25. The highest BCUT2D eigenvalue weighted by Gasteiger charge is 2.25. The van der Waals surface area contributed by atoms with Gasteiger partial charge >= 0.3 is 0 Å². The second-order valence-corrected chi connectivity index (χ2v) is 8.05. The molecule has 4 nitrogen and oxygen atoms in total. The van der Waals surface area contributed by atoms with E-state index in [0.29, 0.717) is 23.1 Å². The molecule has 0 radical (unpaired) electrons. The van der Waals surface area contributed by atoms with Gasteiger partial charge in [-0.1, -0.05) is 23.7 Å². The van der Waals surface area contributed by atoms with E-state index >= 15 is 0 Å². The molecule has 1 saturated heterocycles. The Balaban J connectivity index is 1.71. The Hall–Kier alpha value is -1.33. The van der Waals surface area contributed by atoms with Crippen molar-refractivity contribution in [2.75, 3.05) is 18.1 Å². The molecule has 1 aliphatic rings. The van der Waals surface area contributed by atoms with Crippen LogP contribution in [0.5, 0.6) is 5.75 Å². The van der Waals surface area contributed by atoms with Gasteiger partial charge in [-0.15, -0.1) is 0 Å². The fraction of sp³-hybridized carbons (Fsp3) is 0.400. The van der Waals surface area contributed by atoms with Crippen LogP contribution in [0.1, 0.15) is 12.8 Å². The van der Waals surface area contributed by atoms with E-state index in [1.54, 1.807) is 12.3 Å². The normalized spacial score (nSPS) is 21.3. The van der Waals surface area contributed by atoms with Gasteiger partial charge in [0, 0.05) is 11.3 Å². The van der Waals surface area contributed by atoms with Crippen LogP contribution in [-0.4, -0.2) is 31.5 Å². The van der Waals surface area contributed by atoms with Crippen LogP contribution in [0.4, 0.5) is 0 Å². The third-order valence-electron chi connectivity index (χ3n) is 3.68. The first-order valence-electron chi connectivity index (χ1n) is 6.91. The fourth-order valence-electron chi connectivity index (χ4n) is 2.65. The Bertz CT molecular complexity index is 761. The molecule has 1 fully saturated rings. The number of hydrogen-bond acceptors (Lipinski definition) is 4. The molecule has 3 rings (SSSR count). The minimum absolute atomic E-state index is 0.0683. The molecule has 1 aliphatic heterocycles. The van der Waals surface area contributed by atoms with E-state index in [-0.39, 0.29) is 11.7 Å². The second-order valence-electron chi connectivity index (χ2n) is 5.42. The average molecular weight is 326 g/mol. The minimum atomic E-state index is -2.89. The number of benzene rings is 1. The lowest BCUT2D eigenvalue weighted by Gasteiger charge is -2.21. The number of aromatic nitrogens is 1. The molecule has 1 unspecified atom stereocenters. The highest BCUT2D eigenvalue weighted by molar-refractivity contribution is 7.91. The summed E-state index contributed by atoms with van der Waals surface area (Å²) in [5.74, 6) is 1.24. The molecule has 1 aromatic carbocycles. The van der Waals surface area contributed by atoms with Crippen LogP contribution in [0.3, 0.4) is 0 Å². The molecule has 0 N–H and O–H groups in total. The van der Waals surface area contributed by atoms with Crippen molar-refractivity contribution in [1.82, 2.24) is 4.98 Å². The van der Waals surface area contributed by atoms with Gasteiger partial charge in [-0.2, -0.15) is 0 Å². The van der Waals surface area contributed by atoms with Crippen molar-refractivity contribution < 1.29 is 13.2 Å². The van der Waals surface area contributed by atoms with Gasteiger partial charge in [0.25, 0.3) is 0 Å². The molecule has 0 amide bonds. The standard InChI is InChI=1S/C15H16ClNO3S/c16-14-5-1-4-12-7-13(8-17-15(12)14)20-9-11-3-2-6-21(18,19)10-11/h1,4-5,7-8,11H,2-3,6,9-10H2. The van der Waals surface area contributed by atoms with Gasteiger partial charge in [0.15, 0.2) is 9.84 Å². The van der Waals surface area contributed by atoms with Crippen molar-refractivity contribution in [2.24, 2.45) is 5.92 Å². The number of nitrogens with zero attached hydrogens (tertiary/aromatic N) is 1. The van der Waals surface area contributed by atoms with Gasteiger partial charge in [-0.3, -0.25) is 4.98 Å². The van der Waals surface area contributed by atoms with Crippen LogP contribution < -0.4 is 4.74 Å². The first-order valence-corrected chi connectivity index (χ1v) is 9.11. The van der Waals surface area contributed by atoms with E-state index in [2.05, 4.69) is 4.98 Å². The van der Waals surface area contributed by atoms with Crippen molar-refractivity contribution in [3.8, 4) is 5.75 Å². The van der Waals surface area contributed by atoms with Crippen LogP contribution in [0.25, 0.3) is 10.9 Å². The molecule has 2 aromatic rings.